The van der Waals surface area contributed by atoms with Crippen molar-refractivity contribution in [1.29, 1.82) is 5.26 Å². The van der Waals surface area contributed by atoms with Gasteiger partial charge in [0.25, 0.3) is 0 Å². The summed E-state index contributed by atoms with van der Waals surface area (Å²) in [7, 11) is 0. The van der Waals surface area contributed by atoms with E-state index in [4.69, 9.17) is 9.40 Å². The second kappa shape index (κ2) is 17.7. The van der Waals surface area contributed by atoms with Gasteiger partial charge in [0.2, 0.25) is 0 Å². The van der Waals surface area contributed by atoms with Crippen molar-refractivity contribution in [3.63, 3.8) is 0 Å². The maximum Gasteiger partial charge on any atom is 0.121 e. The molecule has 0 saturated heterocycles. The fraction of sp³-hybridized carbons (Fsp3) is 0.197. The van der Waals surface area contributed by atoms with Gasteiger partial charge in [0.1, 0.15) is 5.58 Å². The van der Waals surface area contributed by atoms with Gasteiger partial charge in [0, 0.05) is 37.4 Å². The van der Waals surface area contributed by atoms with Gasteiger partial charge < -0.3 is 14.0 Å². The van der Waals surface area contributed by atoms with Crippen LogP contribution in [0.1, 0.15) is 95.0 Å². The molecule has 333 valence electrons. The quantitative estimate of drug-likeness (QED) is 0.156. The molecule has 0 spiro atoms. The fourth-order valence-electron chi connectivity index (χ4n) is 9.83. The van der Waals surface area contributed by atoms with Crippen molar-refractivity contribution in [3.05, 3.63) is 198 Å². The fourth-order valence-corrected chi connectivity index (χ4v) is 9.83. The van der Waals surface area contributed by atoms with Gasteiger partial charge in [0.05, 0.1) is 34.1 Å². The molecule has 0 atom stereocenters. The molecule has 6 heteroatoms. The van der Waals surface area contributed by atoms with Gasteiger partial charge in [-0.1, -0.05) is 145 Å². The van der Waals surface area contributed by atoms with Crippen LogP contribution in [0.3, 0.4) is 0 Å². The number of nitrogens with zero attached hydrogens (tertiary/aromatic N) is 4. The minimum Gasteiger partial charge on any atom is -0.501 e. The number of hydrogen-bond acceptors (Lipinski definition) is 4. The van der Waals surface area contributed by atoms with Gasteiger partial charge in [-0.2, -0.15) is 5.26 Å². The van der Waals surface area contributed by atoms with Crippen LogP contribution in [0.5, 0.6) is 0 Å². The van der Waals surface area contributed by atoms with E-state index in [1.54, 1.807) is 0 Å². The van der Waals surface area contributed by atoms with Crippen LogP contribution in [0.2, 0.25) is 0 Å². The predicted octanol–water partition coefficient (Wildman–Crippen LogP) is 16.0. The summed E-state index contributed by atoms with van der Waals surface area (Å²) in [4.78, 5) is 9.88. The second-order valence-corrected chi connectivity index (χ2v) is 19.1. The normalized spacial score (nSPS) is 13.4. The summed E-state index contributed by atoms with van der Waals surface area (Å²) in [6.45, 7) is 18.3. The van der Waals surface area contributed by atoms with Crippen LogP contribution < -0.4 is 0 Å². The molecule has 67 heavy (non-hydrogen) atoms. The first-order valence-electron chi connectivity index (χ1n) is 22.9. The van der Waals surface area contributed by atoms with Gasteiger partial charge in [-0.3, -0.25) is 4.98 Å². The Morgan fingerprint density at radius 2 is 1.28 bits per heavy atom. The molecule has 0 amide bonds. The van der Waals surface area contributed by atoms with Crippen molar-refractivity contribution in [1.82, 2.24) is 14.5 Å². The van der Waals surface area contributed by atoms with Crippen LogP contribution in [0.4, 0.5) is 0 Å². The van der Waals surface area contributed by atoms with Crippen LogP contribution in [-0.2, 0) is 30.9 Å². The van der Waals surface area contributed by atoms with Gasteiger partial charge in [-0.05, 0) is 110 Å². The van der Waals surface area contributed by atoms with E-state index in [-0.39, 0.29) is 42.8 Å². The van der Waals surface area contributed by atoms with Crippen LogP contribution >= 0.6 is 0 Å². The van der Waals surface area contributed by atoms with Crippen molar-refractivity contribution in [2.75, 3.05) is 0 Å². The number of rotatable bonds is 6. The molecule has 0 unspecified atom stereocenters. The molecular weight excluding hydrogens is 997 g/mol. The van der Waals surface area contributed by atoms with Gasteiger partial charge in [0.15, 0.2) is 0 Å². The molecule has 0 N–H and O–H groups in total. The third kappa shape index (κ3) is 7.71. The number of aromatic nitrogens is 3. The predicted molar refractivity (Wildman–Crippen MR) is 271 cm³/mol. The first-order valence-corrected chi connectivity index (χ1v) is 22.9. The summed E-state index contributed by atoms with van der Waals surface area (Å²) in [6, 6.07) is 61.4. The Morgan fingerprint density at radius 1 is 0.612 bits per heavy atom. The van der Waals surface area contributed by atoms with E-state index in [9.17, 15) is 5.26 Å². The average molecular weight is 1050 g/mol. The van der Waals surface area contributed by atoms with Gasteiger partial charge in [-0.15, -0.1) is 53.6 Å². The Hall–Kier alpha value is -6.90. The molecule has 3 aromatic heterocycles. The molecule has 3 heterocycles. The third-order valence-corrected chi connectivity index (χ3v) is 14.1. The summed E-state index contributed by atoms with van der Waals surface area (Å²) in [5, 5.41) is 11.5. The summed E-state index contributed by atoms with van der Waals surface area (Å²) >= 11 is 0. The van der Waals surface area contributed by atoms with Gasteiger partial charge >= 0.3 is 0 Å². The number of benzene rings is 7. The molecule has 0 bridgehead atoms. The minimum atomic E-state index is 0. The topological polar surface area (TPSA) is 67.6 Å². The first kappa shape index (κ1) is 45.3. The molecule has 0 saturated carbocycles. The van der Waals surface area contributed by atoms with E-state index >= 15 is 0 Å². The Balaban J connectivity index is 0.000000248. The summed E-state index contributed by atoms with van der Waals surface area (Å²) < 4.78 is 9.07. The zero-order valence-electron chi connectivity index (χ0n) is 39.2. The molecule has 11 rings (SSSR count). The maximum absolute atomic E-state index is 9.45. The second-order valence-electron chi connectivity index (χ2n) is 19.1. The summed E-state index contributed by atoms with van der Waals surface area (Å²) in [6.07, 6.45) is 1.87. The number of hydrogen-bond donors (Lipinski definition) is 0. The number of fused-ring (bicyclic) bond motifs is 7. The standard InChI is InChI=1S/C44H34N3O.C17H18N.Ir/c1-27(2)37-23-33(30-13-6-5-7-14-30)24-38(28(3)4)42(37)47-40-19-9-8-18-39(40)46-44(47)36-17-11-16-35-34-21-20-32(25-41(34)48-43(35)36)31-15-10-12-29(22-31)26-45;1-16(2)13-9-6-5-8-12(13)15-14(17(16,3)4)10-7-11-18-15;/h5-16,18-25,27-28H,1-4H3;5-7,9-11H,1-4H3;/q2*-1;. The zero-order chi connectivity index (χ0) is 45.9. The molecule has 0 fully saturated rings. The summed E-state index contributed by atoms with van der Waals surface area (Å²) in [5.41, 5.74) is 18.2. The molecule has 0 aliphatic heterocycles. The van der Waals surface area contributed by atoms with E-state index in [1.165, 1.54) is 39.1 Å². The van der Waals surface area contributed by atoms with Gasteiger partial charge in [-0.25, -0.2) is 0 Å². The van der Waals surface area contributed by atoms with Crippen molar-refractivity contribution >= 4 is 33.0 Å². The Labute approximate surface area is 407 Å². The maximum atomic E-state index is 9.45. The molecule has 10 aromatic rings. The Kier molecular flexibility index (Phi) is 12.0. The first-order chi connectivity index (χ1) is 31.9. The number of imidazole rings is 1. The van der Waals surface area contributed by atoms with Crippen LogP contribution in [0, 0.1) is 23.5 Å². The van der Waals surface area contributed by atoms with Crippen LogP contribution in [-0.4, -0.2) is 14.5 Å². The van der Waals surface area contributed by atoms with E-state index in [0.717, 1.165) is 66.7 Å². The average Bonchev–Trinajstić information content (AvgIpc) is 3.92. The molecular formula is C61H52IrN4O-2. The monoisotopic (exact) mass is 1050 g/mol. The van der Waals surface area contributed by atoms with Crippen LogP contribution in [0.25, 0.3) is 83.6 Å². The minimum absolute atomic E-state index is 0. The van der Waals surface area contributed by atoms with E-state index < -0.39 is 0 Å². The summed E-state index contributed by atoms with van der Waals surface area (Å²) in [5.74, 6) is 1.33. The number of pyridine rings is 1. The Bertz CT molecular complexity index is 3430. The molecule has 1 aliphatic carbocycles. The third-order valence-electron chi connectivity index (χ3n) is 14.1. The van der Waals surface area contributed by atoms with Crippen molar-refractivity contribution in [2.24, 2.45) is 0 Å². The zero-order valence-corrected chi connectivity index (χ0v) is 41.6. The number of nitriles is 1. The smallest absolute Gasteiger partial charge is 0.121 e. The molecule has 7 aromatic carbocycles. The van der Waals surface area contributed by atoms with E-state index in [0.29, 0.717) is 5.56 Å². The molecule has 1 aliphatic rings. The SMILES string of the molecule is CC(C)c1cc(-c2ccccc2)cc(C(C)C)c1-n1c(-c2[c-]ccc3c2oc2cc(-c4cccc(C#N)c4)ccc23)nc2ccccc21.CC1(C)c2ccc[c-]c2-c2ncccc2C1(C)C.[Ir]. The van der Waals surface area contributed by atoms with Crippen molar-refractivity contribution in [3.8, 4) is 56.7 Å². The molecule has 1 radical (unpaired) electrons. The Morgan fingerprint density at radius 3 is 2.03 bits per heavy atom. The van der Waals surface area contributed by atoms with E-state index in [2.05, 4.69) is 186 Å². The molecule has 5 nitrogen and oxygen atoms in total. The largest absolute Gasteiger partial charge is 0.501 e. The van der Waals surface area contributed by atoms with E-state index in [1.807, 2.05) is 54.7 Å². The van der Waals surface area contributed by atoms with Crippen molar-refractivity contribution < 1.29 is 24.5 Å². The number of furan rings is 1. The number of para-hydroxylation sites is 2. The van der Waals surface area contributed by atoms with Crippen LogP contribution in [0.15, 0.2) is 162 Å². The van der Waals surface area contributed by atoms with Crippen molar-refractivity contribution in [2.45, 2.75) is 78.1 Å².